The van der Waals surface area contributed by atoms with Gasteiger partial charge in [0.2, 0.25) is 0 Å². The molecule has 2 rings (SSSR count). The summed E-state index contributed by atoms with van der Waals surface area (Å²) in [6.07, 6.45) is 8.15. The third-order valence-electron chi connectivity index (χ3n) is 3.67. The Morgan fingerprint density at radius 1 is 1.05 bits per heavy atom. The Labute approximate surface area is 165 Å². The van der Waals surface area contributed by atoms with Gasteiger partial charge >= 0.3 is 129 Å². The number of benzene rings is 1. The molecule has 0 radical (unpaired) electrons. The zero-order valence-electron chi connectivity index (χ0n) is 13.1. The maximum atomic E-state index is 2.58. The summed E-state index contributed by atoms with van der Waals surface area (Å²) >= 11 is -0.757. The maximum Gasteiger partial charge on any atom is -1.00 e. The summed E-state index contributed by atoms with van der Waals surface area (Å²) in [5.74, 6) is 0. The van der Waals surface area contributed by atoms with Crippen molar-refractivity contribution in [1.29, 1.82) is 0 Å². The van der Waals surface area contributed by atoms with Crippen LogP contribution in [0.2, 0.25) is 0 Å². The summed E-state index contributed by atoms with van der Waals surface area (Å²) in [6, 6.07) is 11.2. The normalized spacial score (nSPS) is 13.3. The molecule has 1 aliphatic rings. The molecule has 0 saturated heterocycles. The van der Waals surface area contributed by atoms with Gasteiger partial charge in [-0.25, -0.2) is 0 Å². The number of halogens is 3. The van der Waals surface area contributed by atoms with Crippen molar-refractivity contribution < 1.29 is 60.1 Å². The van der Waals surface area contributed by atoms with E-state index >= 15 is 0 Å². The van der Waals surface area contributed by atoms with E-state index in [9.17, 15) is 0 Å². The number of nitrogens with zero attached hydrogens (tertiary/aromatic N) is 1. The first-order valence-electron chi connectivity index (χ1n) is 7.23. The third kappa shape index (κ3) is 7.79. The molecule has 1 atom stereocenters. The van der Waals surface area contributed by atoms with Gasteiger partial charge in [-0.2, -0.15) is 0 Å². The van der Waals surface area contributed by atoms with E-state index in [1.54, 1.807) is 8.89 Å². The van der Waals surface area contributed by atoms with Crippen molar-refractivity contribution in [2.45, 2.75) is 23.9 Å². The van der Waals surface area contributed by atoms with Gasteiger partial charge in [0.15, 0.2) is 0 Å². The van der Waals surface area contributed by atoms with E-state index in [2.05, 4.69) is 67.3 Å². The van der Waals surface area contributed by atoms with Crippen LogP contribution in [-0.4, -0.2) is 24.5 Å². The van der Waals surface area contributed by atoms with Crippen LogP contribution in [0.3, 0.4) is 0 Å². The van der Waals surface area contributed by atoms with Gasteiger partial charge in [0.25, 0.3) is 0 Å². The molecule has 5 heteroatoms. The molecule has 22 heavy (non-hydrogen) atoms. The predicted octanol–water partition coefficient (Wildman–Crippen LogP) is -4.99. The first-order chi connectivity index (χ1) is 9.33. The summed E-state index contributed by atoms with van der Waals surface area (Å²) in [5, 5.41) is 0. The number of hydrogen-bond donors (Lipinski definition) is 0. The molecule has 1 aromatic rings. The van der Waals surface area contributed by atoms with Gasteiger partial charge in [0.1, 0.15) is 0 Å². The Hall–Kier alpha value is 0.400. The molecule has 0 saturated carbocycles. The van der Waals surface area contributed by atoms with Gasteiger partial charge in [0.05, 0.1) is 0 Å². The predicted molar refractivity (Wildman–Crippen MR) is 78.8 cm³/mol. The molecule has 0 N–H and O–H groups in total. The van der Waals surface area contributed by atoms with E-state index in [1.165, 1.54) is 26.1 Å². The summed E-state index contributed by atoms with van der Waals surface area (Å²) in [5.41, 5.74) is 1.56. The van der Waals surface area contributed by atoms with Crippen LogP contribution in [0.1, 0.15) is 29.5 Å². The zero-order chi connectivity index (χ0) is 13.5. The quantitative estimate of drug-likeness (QED) is 0.322. The minimum atomic E-state index is -0.757. The van der Waals surface area contributed by atoms with Gasteiger partial charge in [-0.15, -0.1) is 0 Å². The molecule has 1 nitrogen and oxygen atoms in total. The van der Waals surface area contributed by atoms with E-state index in [0.717, 1.165) is 3.67 Å². The van der Waals surface area contributed by atoms with Gasteiger partial charge in [-0.05, 0) is 0 Å². The second-order valence-electron chi connectivity index (χ2n) is 4.92. The molecule has 0 heterocycles. The van der Waals surface area contributed by atoms with Crippen LogP contribution in [-0.2, 0) is 22.9 Å². The van der Waals surface area contributed by atoms with Gasteiger partial charge < -0.3 is 37.2 Å². The van der Waals surface area contributed by atoms with E-state index in [-0.39, 0.29) is 37.2 Å². The first-order valence-corrected chi connectivity index (χ1v) is 11.1. The standard InChI is InChI=1S/C12H18N.C5H5.3ClH.Hf/c1-3-13(4-2)11-10-12-8-6-5-7-9-12;1-2-4-5-3-1;;;;/h5-10H,3-4,11H2,1-2H3;1-3H,4H2;3*1H;/q;;;;;+3/p-3. The molecule has 0 amide bonds. The first kappa shape index (κ1) is 24.7. The van der Waals surface area contributed by atoms with Crippen LogP contribution < -0.4 is 37.2 Å². The van der Waals surface area contributed by atoms with E-state index in [1.807, 2.05) is 0 Å². The van der Waals surface area contributed by atoms with E-state index in [0.29, 0.717) is 0 Å². The molecular formula is C17H23Cl3HfN. The molecule has 1 unspecified atom stereocenters. The molecule has 1 aromatic carbocycles. The number of hydrogen-bond acceptors (Lipinski definition) is 1. The Bertz CT molecular complexity index is 444. The fraction of sp³-hybridized carbons (Fsp3) is 0.412. The second-order valence-corrected chi connectivity index (χ2v) is 10.8. The second kappa shape index (κ2) is 13.8. The minimum absolute atomic E-state index is 0. The molecule has 0 bridgehead atoms. The van der Waals surface area contributed by atoms with Crippen molar-refractivity contribution in [3.05, 3.63) is 57.5 Å². The summed E-state index contributed by atoms with van der Waals surface area (Å²) in [4.78, 5) is 2.58. The molecule has 0 fully saturated rings. The average molecular weight is 526 g/mol. The fourth-order valence-electron chi connectivity index (χ4n) is 2.44. The van der Waals surface area contributed by atoms with Gasteiger partial charge in [-0.3, -0.25) is 0 Å². The van der Waals surface area contributed by atoms with Crippen LogP contribution >= 0.6 is 0 Å². The Balaban J connectivity index is 0. The smallest absolute Gasteiger partial charge is 1.00 e. The van der Waals surface area contributed by atoms with Crippen LogP contribution in [0.4, 0.5) is 0 Å². The van der Waals surface area contributed by atoms with Crippen LogP contribution in [0.25, 0.3) is 0 Å². The summed E-state index contributed by atoms with van der Waals surface area (Å²) in [7, 11) is 0. The van der Waals surface area contributed by atoms with Crippen molar-refractivity contribution >= 4 is 0 Å². The Kier molecular flexibility index (Phi) is 15.5. The summed E-state index contributed by atoms with van der Waals surface area (Å²) < 4.78 is 2.58. The Morgan fingerprint density at radius 2 is 1.68 bits per heavy atom. The van der Waals surface area contributed by atoms with E-state index in [4.69, 9.17) is 0 Å². The van der Waals surface area contributed by atoms with Crippen LogP contribution in [0, 0.1) is 0 Å². The van der Waals surface area contributed by atoms with Crippen molar-refractivity contribution in [3.63, 3.8) is 0 Å². The largest absolute Gasteiger partial charge is 1.00 e. The van der Waals surface area contributed by atoms with Crippen LogP contribution in [0.5, 0.6) is 0 Å². The van der Waals surface area contributed by atoms with Gasteiger partial charge in [-0.1, -0.05) is 0 Å². The molecule has 0 spiro atoms. The monoisotopic (exact) mass is 526 g/mol. The molecule has 121 valence electrons. The minimum Gasteiger partial charge on any atom is -1.00 e. The number of allylic oxidation sites excluding steroid dienone is 4. The van der Waals surface area contributed by atoms with Crippen molar-refractivity contribution in [1.82, 2.24) is 4.90 Å². The molecule has 1 aliphatic carbocycles. The van der Waals surface area contributed by atoms with Crippen molar-refractivity contribution in [2.75, 3.05) is 19.6 Å². The zero-order valence-corrected chi connectivity index (χ0v) is 19.0. The third-order valence-corrected chi connectivity index (χ3v) is 9.44. The maximum absolute atomic E-state index is 2.58. The topological polar surface area (TPSA) is 3.24 Å². The SMILES string of the molecule is CCN(CC)C[CH]([Hf+3][C]1=CC=CC1)c1ccccc1.[Cl-].[Cl-].[Cl-]. The Morgan fingerprint density at radius 3 is 2.18 bits per heavy atom. The van der Waals surface area contributed by atoms with Crippen molar-refractivity contribution in [2.24, 2.45) is 0 Å². The fourth-order valence-corrected chi connectivity index (χ4v) is 8.13. The number of rotatable bonds is 7. The van der Waals surface area contributed by atoms with Crippen molar-refractivity contribution in [3.8, 4) is 0 Å². The summed E-state index contributed by atoms with van der Waals surface area (Å²) in [6.45, 7) is 8.13. The molecule has 0 aromatic heterocycles. The van der Waals surface area contributed by atoms with Gasteiger partial charge in [0, 0.05) is 0 Å². The van der Waals surface area contributed by atoms with E-state index < -0.39 is 22.9 Å². The van der Waals surface area contributed by atoms with Crippen LogP contribution in [0.15, 0.2) is 51.9 Å². The molecular weight excluding hydrogens is 503 g/mol. The number of likely N-dealkylation sites (N-methyl/N-ethyl adjacent to an activating group) is 1. The molecule has 0 aliphatic heterocycles. The average Bonchev–Trinajstić information content (AvgIpc) is 2.97.